The lowest BCUT2D eigenvalue weighted by molar-refractivity contribution is -0.139. The van der Waals surface area contributed by atoms with Gasteiger partial charge in [0.25, 0.3) is 0 Å². The summed E-state index contributed by atoms with van der Waals surface area (Å²) in [6, 6.07) is 7.51. The molecule has 1 unspecified atom stereocenters. The van der Waals surface area contributed by atoms with E-state index < -0.39 is 0 Å². The molecule has 1 atom stereocenters. The Labute approximate surface area is 159 Å². The summed E-state index contributed by atoms with van der Waals surface area (Å²) < 4.78 is 5.28. The Morgan fingerprint density at radius 3 is 2.96 bits per heavy atom. The van der Waals surface area contributed by atoms with Crippen molar-refractivity contribution in [1.29, 1.82) is 0 Å². The molecular formula is C20H26N4O3. The van der Waals surface area contributed by atoms with Gasteiger partial charge in [-0.25, -0.2) is 0 Å². The van der Waals surface area contributed by atoms with Crippen LogP contribution in [-0.4, -0.2) is 33.4 Å². The predicted octanol–water partition coefficient (Wildman–Crippen LogP) is 2.32. The minimum Gasteiger partial charge on any atom is -0.359 e. The lowest BCUT2D eigenvalue weighted by Crippen LogP contribution is -2.45. The molecule has 1 N–H and O–H groups in total. The standard InChI is InChI=1S/C20H26N4O3/c1-14(2)9-17-10-18(27-23-17)11-22-20(26)15-6-7-19(25)24(12-15)13-16-5-3-4-8-21-16/h3-5,8,10,14-15H,6-7,9,11-13H2,1-2H3,(H,22,26). The highest BCUT2D eigenvalue weighted by atomic mass is 16.5. The van der Waals surface area contributed by atoms with Crippen LogP contribution in [0.1, 0.15) is 43.8 Å². The Kier molecular flexibility index (Phi) is 6.21. The Bertz CT molecular complexity index is 773. The van der Waals surface area contributed by atoms with Gasteiger partial charge in [-0.2, -0.15) is 0 Å². The number of carbonyl (C=O) groups excluding carboxylic acids is 2. The quantitative estimate of drug-likeness (QED) is 0.808. The zero-order valence-corrected chi connectivity index (χ0v) is 15.9. The van der Waals surface area contributed by atoms with Crippen LogP contribution in [0.4, 0.5) is 0 Å². The fraction of sp³-hybridized carbons (Fsp3) is 0.500. The van der Waals surface area contributed by atoms with E-state index in [1.54, 1.807) is 11.1 Å². The number of nitrogens with one attached hydrogen (secondary N) is 1. The molecule has 1 saturated heterocycles. The molecule has 2 aromatic rings. The highest BCUT2D eigenvalue weighted by molar-refractivity contribution is 5.83. The maximum Gasteiger partial charge on any atom is 0.225 e. The van der Waals surface area contributed by atoms with Crippen molar-refractivity contribution in [3.8, 4) is 0 Å². The minimum absolute atomic E-state index is 0.0599. The minimum atomic E-state index is -0.218. The molecule has 1 fully saturated rings. The third-order valence-electron chi connectivity index (χ3n) is 4.61. The SMILES string of the molecule is CC(C)Cc1cc(CNC(=O)C2CCC(=O)N(Cc3ccccn3)C2)on1. The van der Waals surface area contributed by atoms with Gasteiger partial charge in [-0.1, -0.05) is 25.1 Å². The van der Waals surface area contributed by atoms with E-state index in [9.17, 15) is 9.59 Å². The van der Waals surface area contributed by atoms with Crippen LogP contribution >= 0.6 is 0 Å². The lowest BCUT2D eigenvalue weighted by atomic mass is 9.96. The van der Waals surface area contributed by atoms with Crippen molar-refractivity contribution in [1.82, 2.24) is 20.4 Å². The Morgan fingerprint density at radius 2 is 2.22 bits per heavy atom. The first kappa shape index (κ1) is 19.1. The molecule has 1 aliphatic heterocycles. The molecule has 144 valence electrons. The van der Waals surface area contributed by atoms with Gasteiger partial charge in [0, 0.05) is 25.2 Å². The number of aromatic nitrogens is 2. The summed E-state index contributed by atoms with van der Waals surface area (Å²) in [5.41, 5.74) is 1.73. The van der Waals surface area contributed by atoms with Crippen molar-refractivity contribution in [3.05, 3.63) is 47.6 Å². The Morgan fingerprint density at radius 1 is 1.37 bits per heavy atom. The van der Waals surface area contributed by atoms with Crippen molar-refractivity contribution in [2.45, 2.75) is 46.2 Å². The van der Waals surface area contributed by atoms with Gasteiger partial charge >= 0.3 is 0 Å². The van der Waals surface area contributed by atoms with E-state index in [-0.39, 0.29) is 17.7 Å². The lowest BCUT2D eigenvalue weighted by Gasteiger charge is -2.31. The molecule has 0 aromatic carbocycles. The zero-order chi connectivity index (χ0) is 19.2. The predicted molar refractivity (Wildman–Crippen MR) is 99.3 cm³/mol. The fourth-order valence-corrected chi connectivity index (χ4v) is 3.24. The van der Waals surface area contributed by atoms with Gasteiger partial charge in [0.1, 0.15) is 0 Å². The smallest absolute Gasteiger partial charge is 0.225 e. The number of carbonyl (C=O) groups is 2. The molecule has 7 heteroatoms. The van der Waals surface area contributed by atoms with Crippen LogP contribution < -0.4 is 5.32 Å². The number of likely N-dealkylation sites (tertiary alicyclic amines) is 1. The van der Waals surface area contributed by atoms with Gasteiger partial charge in [0.05, 0.1) is 30.4 Å². The maximum atomic E-state index is 12.5. The summed E-state index contributed by atoms with van der Waals surface area (Å²) in [6.45, 7) is 5.41. The molecule has 2 aromatic heterocycles. The molecule has 3 rings (SSSR count). The van der Waals surface area contributed by atoms with E-state index in [1.807, 2.05) is 24.3 Å². The Balaban J connectivity index is 1.52. The summed E-state index contributed by atoms with van der Waals surface area (Å²) in [6.07, 6.45) is 3.51. The summed E-state index contributed by atoms with van der Waals surface area (Å²) in [5.74, 6) is 0.941. The van der Waals surface area contributed by atoms with Crippen molar-refractivity contribution in [2.75, 3.05) is 6.54 Å². The van der Waals surface area contributed by atoms with Gasteiger partial charge in [-0.05, 0) is 30.9 Å². The molecule has 0 radical (unpaired) electrons. The van der Waals surface area contributed by atoms with Gasteiger partial charge in [-0.15, -0.1) is 0 Å². The molecule has 27 heavy (non-hydrogen) atoms. The van der Waals surface area contributed by atoms with E-state index in [0.29, 0.717) is 44.2 Å². The van der Waals surface area contributed by atoms with E-state index >= 15 is 0 Å². The molecule has 0 spiro atoms. The third-order valence-corrected chi connectivity index (χ3v) is 4.61. The third kappa shape index (κ3) is 5.39. The van der Waals surface area contributed by atoms with Crippen LogP contribution in [-0.2, 0) is 29.1 Å². The van der Waals surface area contributed by atoms with Crippen LogP contribution in [0.25, 0.3) is 0 Å². The molecular weight excluding hydrogens is 344 g/mol. The van der Waals surface area contributed by atoms with Crippen LogP contribution in [0, 0.1) is 11.8 Å². The van der Waals surface area contributed by atoms with Gasteiger partial charge in [0.15, 0.2) is 5.76 Å². The van der Waals surface area contributed by atoms with E-state index in [2.05, 4.69) is 29.3 Å². The van der Waals surface area contributed by atoms with Crippen molar-refractivity contribution < 1.29 is 14.1 Å². The van der Waals surface area contributed by atoms with Gasteiger partial charge in [0.2, 0.25) is 11.8 Å². The fourth-order valence-electron chi connectivity index (χ4n) is 3.24. The van der Waals surface area contributed by atoms with E-state index in [0.717, 1.165) is 17.8 Å². The monoisotopic (exact) mass is 370 g/mol. The number of amides is 2. The Hall–Kier alpha value is -2.70. The van der Waals surface area contributed by atoms with Crippen LogP contribution in [0.3, 0.4) is 0 Å². The average molecular weight is 370 g/mol. The first-order chi connectivity index (χ1) is 13.0. The van der Waals surface area contributed by atoms with Gasteiger partial charge in [-0.3, -0.25) is 14.6 Å². The van der Waals surface area contributed by atoms with Gasteiger partial charge < -0.3 is 14.7 Å². The molecule has 0 bridgehead atoms. The molecule has 0 aliphatic carbocycles. The summed E-state index contributed by atoms with van der Waals surface area (Å²) in [4.78, 5) is 30.7. The normalized spacial score (nSPS) is 17.4. The number of pyridine rings is 1. The van der Waals surface area contributed by atoms with Crippen molar-refractivity contribution in [2.24, 2.45) is 11.8 Å². The summed E-state index contributed by atoms with van der Waals surface area (Å²) in [5, 5.41) is 6.94. The zero-order valence-electron chi connectivity index (χ0n) is 15.9. The van der Waals surface area contributed by atoms with E-state index in [1.165, 1.54) is 0 Å². The first-order valence-corrected chi connectivity index (χ1v) is 9.41. The number of piperidine rings is 1. The van der Waals surface area contributed by atoms with Crippen LogP contribution in [0.5, 0.6) is 0 Å². The summed E-state index contributed by atoms with van der Waals surface area (Å²) in [7, 11) is 0. The average Bonchev–Trinajstić information content (AvgIpc) is 3.09. The number of hydrogen-bond donors (Lipinski definition) is 1. The summed E-state index contributed by atoms with van der Waals surface area (Å²) >= 11 is 0. The second-order valence-electron chi connectivity index (χ2n) is 7.43. The largest absolute Gasteiger partial charge is 0.359 e. The molecule has 3 heterocycles. The first-order valence-electron chi connectivity index (χ1n) is 9.41. The number of nitrogens with zero attached hydrogens (tertiary/aromatic N) is 3. The highest BCUT2D eigenvalue weighted by Crippen LogP contribution is 2.20. The second kappa shape index (κ2) is 8.79. The second-order valence-corrected chi connectivity index (χ2v) is 7.43. The van der Waals surface area contributed by atoms with Crippen LogP contribution in [0.2, 0.25) is 0 Å². The van der Waals surface area contributed by atoms with E-state index in [4.69, 9.17) is 4.52 Å². The number of hydrogen-bond acceptors (Lipinski definition) is 5. The molecule has 7 nitrogen and oxygen atoms in total. The highest BCUT2D eigenvalue weighted by Gasteiger charge is 2.30. The van der Waals surface area contributed by atoms with Crippen molar-refractivity contribution in [3.63, 3.8) is 0 Å². The molecule has 0 saturated carbocycles. The molecule has 1 aliphatic rings. The topological polar surface area (TPSA) is 88.3 Å². The molecule has 2 amide bonds. The van der Waals surface area contributed by atoms with Crippen LogP contribution in [0.15, 0.2) is 35.0 Å². The maximum absolute atomic E-state index is 12.5. The number of rotatable bonds is 7. The van der Waals surface area contributed by atoms with Crippen molar-refractivity contribution >= 4 is 11.8 Å².